The number of carboxylic acid groups (broad SMARTS) is 2. The van der Waals surface area contributed by atoms with Crippen molar-refractivity contribution in [2.45, 2.75) is 129 Å². The van der Waals surface area contributed by atoms with Crippen LogP contribution in [0.1, 0.15) is 124 Å². The number of aliphatic carboxylic acids is 2. The van der Waals surface area contributed by atoms with Crippen LogP contribution in [0.3, 0.4) is 0 Å². The number of hydrogen-bond donors (Lipinski definition) is 1. The molecule has 0 rings (SSSR count). The van der Waals surface area contributed by atoms with Gasteiger partial charge in [0.2, 0.25) is 5.91 Å². The number of hydrogen-bond acceptors (Lipinski definition) is 5. The molecule has 0 fully saturated rings. The Kier molecular flexibility index (Phi) is 25.5. The number of carbonyl (C=O) groups excluding carboxylic acids is 3. The van der Waals surface area contributed by atoms with Crippen molar-refractivity contribution in [2.75, 3.05) is 0 Å². The summed E-state index contributed by atoms with van der Waals surface area (Å²) in [4.78, 5) is 33.1. The van der Waals surface area contributed by atoms with Gasteiger partial charge in [-0.25, -0.2) is 0 Å². The fourth-order valence-electron chi connectivity index (χ4n) is 3.43. The number of carboxylic acids is 2. The molecule has 0 radical (unpaired) electrons. The zero-order valence-electron chi connectivity index (χ0n) is 20.3. The van der Waals surface area contributed by atoms with E-state index in [-0.39, 0.29) is 71.6 Å². The van der Waals surface area contributed by atoms with Crippen LogP contribution in [-0.4, -0.2) is 23.9 Å². The second kappa shape index (κ2) is 23.7. The number of unbranched alkanes of at least 4 members (excludes halogenated alkanes) is 14. The van der Waals surface area contributed by atoms with Crippen LogP contribution in [0.2, 0.25) is 0 Å². The van der Waals surface area contributed by atoms with Crippen LogP contribution >= 0.6 is 0 Å². The topological polar surface area (TPSA) is 109 Å². The first-order valence-corrected chi connectivity index (χ1v) is 11.7. The van der Waals surface area contributed by atoms with E-state index in [0.717, 1.165) is 12.8 Å². The molecular formula is C23H42KNO5. The van der Waals surface area contributed by atoms with E-state index in [0.29, 0.717) is 6.42 Å². The molecule has 1 N–H and O–H groups in total. The molecule has 0 aromatic carbocycles. The summed E-state index contributed by atoms with van der Waals surface area (Å²) in [6.45, 7) is 2.25. The van der Waals surface area contributed by atoms with Crippen LogP contribution in [0.5, 0.6) is 0 Å². The maximum atomic E-state index is 11.8. The van der Waals surface area contributed by atoms with E-state index in [1.165, 1.54) is 77.0 Å². The Bertz CT molecular complexity index is 452. The summed E-state index contributed by atoms with van der Waals surface area (Å²) in [6.07, 6.45) is 18.3. The zero-order chi connectivity index (χ0) is 21.7. The summed E-state index contributed by atoms with van der Waals surface area (Å²) in [7, 11) is 0. The summed E-state index contributed by atoms with van der Waals surface area (Å²) in [5.41, 5.74) is 0. The first kappa shape index (κ1) is 32.2. The van der Waals surface area contributed by atoms with Gasteiger partial charge in [0, 0.05) is 12.4 Å². The number of carbonyl (C=O) groups is 3. The van der Waals surface area contributed by atoms with E-state index in [9.17, 15) is 24.6 Å². The van der Waals surface area contributed by atoms with Crippen molar-refractivity contribution >= 4 is 17.8 Å². The first-order chi connectivity index (χ1) is 14.0. The smallest absolute Gasteiger partial charge is 0.550 e. The van der Waals surface area contributed by atoms with Crippen molar-refractivity contribution < 1.29 is 77.4 Å². The molecule has 1 amide bonds. The summed E-state index contributed by atoms with van der Waals surface area (Å²) < 4.78 is 0. The molecule has 0 bridgehead atoms. The van der Waals surface area contributed by atoms with Gasteiger partial charge in [0.05, 0.1) is 12.0 Å². The largest absolute Gasteiger partial charge is 1.00 e. The molecule has 0 aliphatic heterocycles. The van der Waals surface area contributed by atoms with Crippen molar-refractivity contribution in [3.05, 3.63) is 0 Å². The van der Waals surface area contributed by atoms with Crippen LogP contribution in [-0.2, 0) is 14.4 Å². The number of rotatable bonds is 21. The van der Waals surface area contributed by atoms with E-state index < -0.39 is 24.4 Å². The molecule has 0 aromatic heterocycles. The average molecular weight is 452 g/mol. The van der Waals surface area contributed by atoms with Crippen LogP contribution in [0.15, 0.2) is 0 Å². The zero-order valence-corrected chi connectivity index (χ0v) is 22.5. The second-order valence-electron chi connectivity index (χ2n) is 8.05. The van der Waals surface area contributed by atoms with Crippen molar-refractivity contribution in [1.82, 2.24) is 5.32 Å². The number of amides is 1. The molecule has 7 heteroatoms. The first-order valence-electron chi connectivity index (χ1n) is 11.7. The fourth-order valence-corrected chi connectivity index (χ4v) is 3.43. The second-order valence-corrected chi connectivity index (χ2v) is 8.05. The van der Waals surface area contributed by atoms with Gasteiger partial charge in [-0.2, -0.15) is 0 Å². The Balaban J connectivity index is -0.00000392. The quantitative estimate of drug-likeness (QED) is 0.197. The molecule has 0 saturated heterocycles. The van der Waals surface area contributed by atoms with E-state index in [4.69, 9.17) is 0 Å². The minimum absolute atomic E-state index is 0. The third-order valence-corrected chi connectivity index (χ3v) is 5.26. The van der Waals surface area contributed by atoms with Crippen molar-refractivity contribution in [2.24, 2.45) is 0 Å². The SMILES string of the molecule is CCCCCCCCCCCCCCCCCC(=O)N[C@@H](CCC(=O)[O-])C(=O)[O-].[H+].[K+]. The Morgan fingerprint density at radius 2 is 1.10 bits per heavy atom. The normalized spacial score (nSPS) is 11.5. The van der Waals surface area contributed by atoms with Gasteiger partial charge in [-0.15, -0.1) is 0 Å². The molecule has 0 aliphatic rings. The minimum atomic E-state index is -1.46. The summed E-state index contributed by atoms with van der Waals surface area (Å²) in [5.74, 6) is -3.17. The van der Waals surface area contributed by atoms with Gasteiger partial charge >= 0.3 is 52.8 Å². The summed E-state index contributed by atoms with van der Waals surface area (Å²) in [6, 6.07) is -1.27. The minimum Gasteiger partial charge on any atom is -0.550 e. The molecule has 170 valence electrons. The predicted octanol–water partition coefficient (Wildman–Crippen LogP) is 0.129. The predicted molar refractivity (Wildman–Crippen MR) is 112 cm³/mol. The van der Waals surface area contributed by atoms with Crippen LogP contribution < -0.4 is 66.9 Å². The van der Waals surface area contributed by atoms with Crippen LogP contribution in [0, 0.1) is 0 Å². The van der Waals surface area contributed by atoms with Gasteiger partial charge in [-0.1, -0.05) is 96.8 Å². The third-order valence-electron chi connectivity index (χ3n) is 5.26. The van der Waals surface area contributed by atoms with E-state index in [2.05, 4.69) is 12.2 Å². The summed E-state index contributed by atoms with van der Waals surface area (Å²) in [5, 5.41) is 23.7. The Hall–Kier alpha value is 0.0464. The van der Waals surface area contributed by atoms with Gasteiger partial charge in [-0.05, 0) is 19.3 Å². The fraction of sp³-hybridized carbons (Fsp3) is 0.870. The van der Waals surface area contributed by atoms with Crippen LogP contribution in [0.4, 0.5) is 0 Å². The molecule has 30 heavy (non-hydrogen) atoms. The molecule has 0 aromatic rings. The molecule has 0 unspecified atom stereocenters. The van der Waals surface area contributed by atoms with E-state index in [1.54, 1.807) is 0 Å². The monoisotopic (exact) mass is 451 g/mol. The molecule has 6 nitrogen and oxygen atoms in total. The van der Waals surface area contributed by atoms with Gasteiger partial charge in [-0.3, -0.25) is 4.79 Å². The molecule has 0 saturated carbocycles. The molecule has 0 heterocycles. The Morgan fingerprint density at radius 3 is 1.47 bits per heavy atom. The maximum Gasteiger partial charge on any atom is 1.00 e. The molecular weight excluding hydrogens is 409 g/mol. The van der Waals surface area contributed by atoms with Crippen molar-refractivity contribution in [3.8, 4) is 0 Å². The standard InChI is InChI=1S/C23H43NO5.K/c1-2-3-4-5-6-7-8-9-10-11-12-13-14-15-16-17-21(25)24-20(23(28)29)18-19-22(26)27;/h20H,2-19H2,1H3,(H,24,25)(H,26,27)(H,28,29);/q;+1/p-1/t20-;/m0./s1. The van der Waals surface area contributed by atoms with Gasteiger partial charge in [0.1, 0.15) is 0 Å². The molecule has 1 atom stereocenters. The third kappa shape index (κ3) is 22.7. The van der Waals surface area contributed by atoms with E-state index in [1.807, 2.05) is 0 Å². The summed E-state index contributed by atoms with van der Waals surface area (Å²) >= 11 is 0. The van der Waals surface area contributed by atoms with Crippen molar-refractivity contribution in [1.29, 1.82) is 0 Å². The van der Waals surface area contributed by atoms with E-state index >= 15 is 0 Å². The average Bonchev–Trinajstić information content (AvgIpc) is 2.67. The Morgan fingerprint density at radius 1 is 0.700 bits per heavy atom. The van der Waals surface area contributed by atoms with Crippen LogP contribution in [0.25, 0.3) is 0 Å². The number of nitrogens with one attached hydrogen (secondary N) is 1. The Labute approximate surface area is 227 Å². The molecule has 0 aliphatic carbocycles. The van der Waals surface area contributed by atoms with Crippen molar-refractivity contribution in [3.63, 3.8) is 0 Å². The molecule has 0 spiro atoms. The maximum absolute atomic E-state index is 11.8. The van der Waals surface area contributed by atoms with Gasteiger partial charge in [0.25, 0.3) is 0 Å². The van der Waals surface area contributed by atoms with Gasteiger partial charge in [0.15, 0.2) is 0 Å². The van der Waals surface area contributed by atoms with Gasteiger partial charge < -0.3 is 25.1 Å².